The highest BCUT2D eigenvalue weighted by molar-refractivity contribution is 9.10. The van der Waals surface area contributed by atoms with Crippen molar-refractivity contribution in [1.29, 1.82) is 0 Å². The molecule has 6 nitrogen and oxygen atoms in total. The fourth-order valence-electron chi connectivity index (χ4n) is 3.77. The topological polar surface area (TPSA) is 78.9 Å². The van der Waals surface area contributed by atoms with Crippen molar-refractivity contribution >= 4 is 34.2 Å². The summed E-state index contributed by atoms with van der Waals surface area (Å²) < 4.78 is 17.0. The molecule has 1 rings (SSSR count). The number of alkyl halides is 1. The lowest BCUT2D eigenvalue weighted by molar-refractivity contribution is -0.177. The van der Waals surface area contributed by atoms with Crippen LogP contribution in [0.4, 0.5) is 0 Å². The number of aldehydes is 1. The van der Waals surface area contributed by atoms with Gasteiger partial charge in [-0.3, -0.25) is 14.4 Å². The van der Waals surface area contributed by atoms with Crippen LogP contribution in [0.1, 0.15) is 106 Å². The lowest BCUT2D eigenvalue weighted by Gasteiger charge is -2.48. The molecule has 0 aliphatic carbocycles. The fourth-order valence-corrected chi connectivity index (χ4v) is 4.07. The third kappa shape index (κ3) is 8.91. The highest BCUT2D eigenvalue weighted by atomic mass is 79.9. The third-order valence-corrected chi connectivity index (χ3v) is 8.47. The van der Waals surface area contributed by atoms with Gasteiger partial charge in [-0.05, 0) is 105 Å². The summed E-state index contributed by atoms with van der Waals surface area (Å²) in [6, 6.07) is 6.39. The van der Waals surface area contributed by atoms with E-state index < -0.39 is 32.1 Å². The Kier molecular flexibility index (Phi) is 10.4. The molecule has 0 aliphatic rings. The molecule has 210 valence electrons. The van der Waals surface area contributed by atoms with Crippen molar-refractivity contribution in [2.45, 2.75) is 111 Å². The molecule has 0 radical (unpaired) electrons. The Bertz CT molecular complexity index is 948. The SMILES string of the molecule is CC(C)(C)OCCC(C)(C)OC(=O)C(C)(CC(C)(C)C(C)(C)C(=O)Oc1ccc(C=O)cc1)C(C)(C)Br. The smallest absolute Gasteiger partial charge is 0.317 e. The number of hydrogen-bond donors (Lipinski definition) is 0. The quantitative estimate of drug-likeness (QED) is 0.109. The van der Waals surface area contributed by atoms with Crippen molar-refractivity contribution in [1.82, 2.24) is 0 Å². The van der Waals surface area contributed by atoms with E-state index in [1.807, 2.05) is 83.1 Å². The maximum Gasteiger partial charge on any atom is 0.317 e. The van der Waals surface area contributed by atoms with Crippen LogP contribution >= 0.6 is 15.9 Å². The van der Waals surface area contributed by atoms with Crippen LogP contribution in [0.3, 0.4) is 0 Å². The van der Waals surface area contributed by atoms with E-state index >= 15 is 0 Å². The molecule has 0 N–H and O–H groups in total. The summed E-state index contributed by atoms with van der Waals surface area (Å²) in [5, 5.41) is 0. The average molecular weight is 584 g/mol. The van der Waals surface area contributed by atoms with Crippen molar-refractivity contribution in [3.63, 3.8) is 0 Å². The summed E-state index contributed by atoms with van der Waals surface area (Å²) in [6.45, 7) is 23.6. The molecule has 0 heterocycles. The van der Waals surface area contributed by atoms with Gasteiger partial charge >= 0.3 is 11.9 Å². The van der Waals surface area contributed by atoms with Gasteiger partial charge in [0.05, 0.1) is 23.0 Å². The number of rotatable bonds is 12. The molecule has 1 aromatic rings. The first-order valence-electron chi connectivity index (χ1n) is 12.8. The second-order valence-electron chi connectivity index (χ2n) is 13.4. The number of carbonyl (C=O) groups is 3. The van der Waals surface area contributed by atoms with E-state index in [-0.39, 0.29) is 11.6 Å². The number of hydrogen-bond acceptors (Lipinski definition) is 6. The van der Waals surface area contributed by atoms with Gasteiger partial charge in [0.25, 0.3) is 0 Å². The van der Waals surface area contributed by atoms with Gasteiger partial charge in [0.2, 0.25) is 0 Å². The Balaban J connectivity index is 3.15. The van der Waals surface area contributed by atoms with Crippen LogP contribution in [0.2, 0.25) is 0 Å². The minimum absolute atomic E-state index is 0.271. The summed E-state index contributed by atoms with van der Waals surface area (Å²) in [6.07, 6.45) is 1.65. The van der Waals surface area contributed by atoms with Crippen LogP contribution in [-0.2, 0) is 19.1 Å². The van der Waals surface area contributed by atoms with Crippen LogP contribution in [0, 0.1) is 16.2 Å². The number of esters is 2. The maximum absolute atomic E-state index is 13.8. The molecule has 0 amide bonds. The van der Waals surface area contributed by atoms with Crippen molar-refractivity contribution in [2.75, 3.05) is 6.61 Å². The lowest BCUT2D eigenvalue weighted by Crippen LogP contribution is -2.53. The molecular weight excluding hydrogens is 536 g/mol. The summed E-state index contributed by atoms with van der Waals surface area (Å²) >= 11 is 3.74. The van der Waals surface area contributed by atoms with Crippen molar-refractivity contribution < 1.29 is 28.6 Å². The van der Waals surface area contributed by atoms with E-state index in [1.54, 1.807) is 24.3 Å². The van der Waals surface area contributed by atoms with E-state index in [1.165, 1.54) is 0 Å². The fraction of sp³-hybridized carbons (Fsp3) is 0.700. The molecule has 0 aliphatic heterocycles. The molecule has 0 aromatic heterocycles. The summed E-state index contributed by atoms with van der Waals surface area (Å²) in [5.41, 5.74) is -3.08. The minimum atomic E-state index is -0.970. The first kappa shape index (κ1) is 33.3. The molecule has 1 aromatic carbocycles. The Labute approximate surface area is 232 Å². The molecular formula is C30H47BrO6. The Morgan fingerprint density at radius 1 is 0.838 bits per heavy atom. The minimum Gasteiger partial charge on any atom is -0.459 e. The Morgan fingerprint density at radius 3 is 1.78 bits per heavy atom. The van der Waals surface area contributed by atoms with Crippen LogP contribution in [0.15, 0.2) is 24.3 Å². The van der Waals surface area contributed by atoms with Gasteiger partial charge in [0, 0.05) is 16.3 Å². The van der Waals surface area contributed by atoms with E-state index in [9.17, 15) is 14.4 Å². The van der Waals surface area contributed by atoms with E-state index in [0.29, 0.717) is 30.8 Å². The van der Waals surface area contributed by atoms with E-state index in [4.69, 9.17) is 14.2 Å². The molecule has 37 heavy (non-hydrogen) atoms. The van der Waals surface area contributed by atoms with Gasteiger partial charge in [0.1, 0.15) is 17.6 Å². The molecule has 7 heteroatoms. The molecule has 0 saturated heterocycles. The predicted octanol–water partition coefficient (Wildman–Crippen LogP) is 7.55. The molecule has 1 unspecified atom stereocenters. The number of ether oxygens (including phenoxy) is 3. The normalized spacial score (nSPS) is 15.1. The highest BCUT2D eigenvalue weighted by Crippen LogP contribution is 2.53. The third-order valence-electron chi connectivity index (χ3n) is 7.60. The molecule has 0 saturated carbocycles. The van der Waals surface area contributed by atoms with Gasteiger partial charge in [0.15, 0.2) is 0 Å². The van der Waals surface area contributed by atoms with E-state index in [2.05, 4.69) is 15.9 Å². The Hall–Kier alpha value is -1.73. The second-order valence-corrected chi connectivity index (χ2v) is 15.4. The average Bonchev–Trinajstić information content (AvgIpc) is 2.71. The predicted molar refractivity (Wildman–Crippen MR) is 151 cm³/mol. The van der Waals surface area contributed by atoms with Crippen LogP contribution < -0.4 is 4.74 Å². The van der Waals surface area contributed by atoms with Gasteiger partial charge in [-0.25, -0.2) is 0 Å². The molecule has 0 bridgehead atoms. The van der Waals surface area contributed by atoms with Gasteiger partial charge in [-0.2, -0.15) is 0 Å². The zero-order valence-electron chi connectivity index (χ0n) is 24.8. The first-order valence-corrected chi connectivity index (χ1v) is 13.6. The Morgan fingerprint density at radius 2 is 1.35 bits per heavy atom. The standard InChI is InChI=1S/C30H47BrO6/c1-25(2,3)35-18-17-27(6,7)37-24(34)30(12,29(10,11)31)20-26(4,5)28(8,9)23(33)36-22-15-13-21(19-32)14-16-22/h13-16,19H,17-18,20H2,1-12H3. The number of benzene rings is 1. The monoisotopic (exact) mass is 582 g/mol. The van der Waals surface area contributed by atoms with Crippen molar-refractivity contribution in [3.8, 4) is 5.75 Å². The second kappa shape index (κ2) is 11.6. The summed E-state index contributed by atoms with van der Waals surface area (Å²) in [4.78, 5) is 38.0. The van der Waals surface area contributed by atoms with Crippen LogP contribution in [0.25, 0.3) is 0 Å². The molecule has 1 atom stereocenters. The summed E-state index contributed by atoms with van der Waals surface area (Å²) in [5.74, 6) is -0.391. The molecule has 0 fully saturated rings. The van der Waals surface area contributed by atoms with Crippen LogP contribution in [-0.4, -0.2) is 40.4 Å². The zero-order valence-corrected chi connectivity index (χ0v) is 26.4. The number of carbonyl (C=O) groups excluding carboxylic acids is 3. The van der Waals surface area contributed by atoms with Crippen molar-refractivity contribution in [3.05, 3.63) is 29.8 Å². The number of halogens is 1. The van der Waals surface area contributed by atoms with Crippen molar-refractivity contribution in [2.24, 2.45) is 16.2 Å². The molecule has 0 spiro atoms. The van der Waals surface area contributed by atoms with Gasteiger partial charge in [-0.1, -0.05) is 29.8 Å². The lowest BCUT2D eigenvalue weighted by atomic mass is 9.58. The van der Waals surface area contributed by atoms with Gasteiger partial charge in [-0.15, -0.1) is 0 Å². The van der Waals surface area contributed by atoms with Gasteiger partial charge < -0.3 is 14.2 Å². The highest BCUT2D eigenvalue weighted by Gasteiger charge is 2.56. The summed E-state index contributed by atoms with van der Waals surface area (Å²) in [7, 11) is 0. The first-order chi connectivity index (χ1) is 16.5. The van der Waals surface area contributed by atoms with E-state index in [0.717, 1.165) is 6.29 Å². The maximum atomic E-state index is 13.8. The zero-order chi connectivity index (χ0) is 29.1. The van der Waals surface area contributed by atoms with Crippen LogP contribution in [0.5, 0.6) is 5.75 Å². The largest absolute Gasteiger partial charge is 0.459 e.